The summed E-state index contributed by atoms with van der Waals surface area (Å²) < 4.78 is 0. The molecule has 0 amide bonds. The van der Waals surface area contributed by atoms with E-state index in [0.717, 1.165) is 36.4 Å². The van der Waals surface area contributed by atoms with E-state index in [2.05, 4.69) is 16.8 Å². The molecule has 3 heteroatoms. The van der Waals surface area contributed by atoms with Crippen molar-refractivity contribution in [3.05, 3.63) is 22.8 Å². The zero-order valence-corrected chi connectivity index (χ0v) is 8.31. The third-order valence-corrected chi connectivity index (χ3v) is 2.07. The van der Waals surface area contributed by atoms with Gasteiger partial charge < -0.3 is 0 Å². The van der Waals surface area contributed by atoms with Gasteiger partial charge in [0.2, 0.25) is 0 Å². The Labute approximate surface area is 74.7 Å². The molecule has 0 aliphatic carbocycles. The summed E-state index contributed by atoms with van der Waals surface area (Å²) in [5.41, 5.74) is 4.34. The summed E-state index contributed by atoms with van der Waals surface area (Å²) in [6, 6.07) is 0. The van der Waals surface area contributed by atoms with Crippen molar-refractivity contribution in [2.24, 2.45) is 0 Å². The Morgan fingerprint density at radius 2 is 1.58 bits per heavy atom. The molecule has 0 aliphatic heterocycles. The highest BCUT2D eigenvalue weighted by molar-refractivity contribution is 6.32. The number of hydrogen-bond donors (Lipinski definition) is 0. The predicted octanol–water partition coefficient (Wildman–Crippen LogP) is 1.39. The zero-order chi connectivity index (χ0) is 9.14. The van der Waals surface area contributed by atoms with Gasteiger partial charge in [-0.2, -0.15) is 0 Å². The molecule has 1 aromatic rings. The second-order valence-electron chi connectivity index (χ2n) is 3.18. The molecule has 1 heterocycles. The minimum atomic E-state index is 1.04. The van der Waals surface area contributed by atoms with Gasteiger partial charge in [-0.15, -0.1) is 0 Å². The first-order valence-corrected chi connectivity index (χ1v) is 4.46. The molecule has 0 aliphatic rings. The average molecular weight is 162 g/mol. The Hall–Kier alpha value is -0.855. The number of rotatable bonds is 2. The van der Waals surface area contributed by atoms with E-state index in [9.17, 15) is 0 Å². The van der Waals surface area contributed by atoms with Crippen molar-refractivity contribution in [1.29, 1.82) is 0 Å². The van der Waals surface area contributed by atoms with Crippen LogP contribution in [0.5, 0.6) is 0 Å². The van der Waals surface area contributed by atoms with E-state index in [0.29, 0.717) is 0 Å². The smallest absolute Gasteiger partial charge is 0.124 e. The maximum absolute atomic E-state index is 4.50. The largest absolute Gasteiger partial charge is 0.255 e. The van der Waals surface area contributed by atoms with Crippen LogP contribution in [0.4, 0.5) is 0 Å². The molecule has 64 valence electrons. The molecule has 0 radical (unpaired) electrons. The zero-order valence-electron chi connectivity index (χ0n) is 8.31. The summed E-state index contributed by atoms with van der Waals surface area (Å²) in [4.78, 5) is 8.93. The van der Waals surface area contributed by atoms with Crippen molar-refractivity contribution in [3.8, 4) is 0 Å². The molecule has 0 saturated carbocycles. The first-order chi connectivity index (χ1) is 5.65. The number of hydrogen-bond acceptors (Lipinski definition) is 2. The van der Waals surface area contributed by atoms with Gasteiger partial charge in [0.15, 0.2) is 0 Å². The third-order valence-electron chi connectivity index (χ3n) is 2.07. The van der Waals surface area contributed by atoms with Crippen LogP contribution in [0.3, 0.4) is 0 Å². The molecular formula is C9H15BN2. The van der Waals surface area contributed by atoms with Crippen molar-refractivity contribution in [2.75, 3.05) is 0 Å². The molecule has 2 nitrogen and oxygen atoms in total. The van der Waals surface area contributed by atoms with Crippen LogP contribution in [0, 0.1) is 20.8 Å². The van der Waals surface area contributed by atoms with Crippen LogP contribution in [-0.2, 0) is 6.32 Å². The highest BCUT2D eigenvalue weighted by Crippen LogP contribution is 2.06. The van der Waals surface area contributed by atoms with E-state index < -0.39 is 0 Å². The summed E-state index contributed by atoms with van der Waals surface area (Å²) in [7, 11) is 1.14. The van der Waals surface area contributed by atoms with E-state index in [1.807, 2.05) is 20.8 Å². The van der Waals surface area contributed by atoms with Crippen molar-refractivity contribution in [2.45, 2.75) is 33.9 Å². The second kappa shape index (κ2) is 3.70. The fraction of sp³-hybridized carbons (Fsp3) is 0.556. The fourth-order valence-corrected chi connectivity index (χ4v) is 1.23. The molecule has 0 N–H and O–H groups in total. The Bertz CT molecular complexity index is 284. The van der Waals surface area contributed by atoms with Crippen LogP contribution >= 0.6 is 0 Å². The van der Waals surface area contributed by atoms with Crippen molar-refractivity contribution >= 4 is 7.28 Å². The molecule has 0 fully saturated rings. The van der Waals surface area contributed by atoms with Gasteiger partial charge in [0.05, 0.1) is 22.8 Å². The number of aromatic nitrogens is 2. The van der Waals surface area contributed by atoms with Crippen molar-refractivity contribution in [1.82, 2.24) is 9.97 Å². The Balaban J connectivity index is 3.05. The van der Waals surface area contributed by atoms with E-state index in [-0.39, 0.29) is 0 Å². The van der Waals surface area contributed by atoms with E-state index in [4.69, 9.17) is 0 Å². The van der Waals surface area contributed by atoms with E-state index in [1.54, 1.807) is 0 Å². The Kier molecular flexibility index (Phi) is 2.85. The summed E-state index contributed by atoms with van der Waals surface area (Å²) in [6.07, 6.45) is 1.04. The number of aryl methyl sites for hydroxylation is 3. The molecular weight excluding hydrogens is 147 g/mol. The normalized spacial score (nSPS) is 10.0. The van der Waals surface area contributed by atoms with Crippen molar-refractivity contribution in [3.63, 3.8) is 0 Å². The van der Waals surface area contributed by atoms with Gasteiger partial charge in [-0.25, -0.2) is 0 Å². The molecule has 0 bridgehead atoms. The van der Waals surface area contributed by atoms with Crippen LogP contribution in [0.1, 0.15) is 22.8 Å². The third kappa shape index (κ3) is 1.84. The molecule has 1 aromatic heterocycles. The lowest BCUT2D eigenvalue weighted by Gasteiger charge is -2.05. The van der Waals surface area contributed by atoms with Gasteiger partial charge in [0.25, 0.3) is 0 Å². The molecule has 0 saturated heterocycles. The fourth-order valence-electron chi connectivity index (χ4n) is 1.23. The average Bonchev–Trinajstić information content (AvgIpc) is 2.01. The first kappa shape index (κ1) is 9.23. The number of nitrogens with zero attached hydrogens (tertiary/aromatic N) is 2. The lowest BCUT2D eigenvalue weighted by molar-refractivity contribution is 0.946. The summed E-state index contributed by atoms with van der Waals surface area (Å²) in [5, 5.41) is 0. The monoisotopic (exact) mass is 162 g/mol. The van der Waals surface area contributed by atoms with Gasteiger partial charge in [-0.1, -0.05) is 6.82 Å². The maximum atomic E-state index is 4.50. The van der Waals surface area contributed by atoms with Gasteiger partial charge in [0.1, 0.15) is 7.28 Å². The summed E-state index contributed by atoms with van der Waals surface area (Å²) in [6.45, 7) is 8.22. The minimum absolute atomic E-state index is 1.04. The highest BCUT2D eigenvalue weighted by atomic mass is 14.8. The molecule has 12 heavy (non-hydrogen) atoms. The SMILES string of the molecule is CBCc1nc(C)c(C)nc1C. The lowest BCUT2D eigenvalue weighted by atomic mass is 9.76. The van der Waals surface area contributed by atoms with Gasteiger partial charge >= 0.3 is 0 Å². The predicted molar refractivity (Wildman–Crippen MR) is 53.0 cm³/mol. The van der Waals surface area contributed by atoms with Gasteiger partial charge in [-0.05, 0) is 27.1 Å². The van der Waals surface area contributed by atoms with E-state index >= 15 is 0 Å². The molecule has 0 unspecified atom stereocenters. The Morgan fingerprint density at radius 3 is 2.17 bits per heavy atom. The molecule has 0 aromatic carbocycles. The maximum Gasteiger partial charge on any atom is 0.124 e. The van der Waals surface area contributed by atoms with Crippen LogP contribution in [-0.4, -0.2) is 17.2 Å². The first-order valence-electron chi connectivity index (χ1n) is 4.46. The summed E-state index contributed by atoms with van der Waals surface area (Å²) >= 11 is 0. The Morgan fingerprint density at radius 1 is 1.00 bits per heavy atom. The molecule has 1 rings (SSSR count). The van der Waals surface area contributed by atoms with Gasteiger partial charge in [0, 0.05) is 0 Å². The van der Waals surface area contributed by atoms with Crippen molar-refractivity contribution < 1.29 is 0 Å². The lowest BCUT2D eigenvalue weighted by Crippen LogP contribution is -2.04. The molecule has 0 spiro atoms. The quantitative estimate of drug-likeness (QED) is 0.614. The van der Waals surface area contributed by atoms with Gasteiger partial charge in [-0.3, -0.25) is 9.97 Å². The minimum Gasteiger partial charge on any atom is -0.255 e. The topological polar surface area (TPSA) is 25.8 Å². The van der Waals surface area contributed by atoms with Crippen LogP contribution in [0.15, 0.2) is 0 Å². The van der Waals surface area contributed by atoms with E-state index in [1.165, 1.54) is 0 Å². The van der Waals surface area contributed by atoms with Crippen LogP contribution in [0.2, 0.25) is 6.82 Å². The summed E-state index contributed by atoms with van der Waals surface area (Å²) in [5.74, 6) is 0. The second-order valence-corrected chi connectivity index (χ2v) is 3.18. The highest BCUT2D eigenvalue weighted by Gasteiger charge is 2.03. The molecule has 0 atom stereocenters. The van der Waals surface area contributed by atoms with Crippen LogP contribution < -0.4 is 0 Å². The van der Waals surface area contributed by atoms with Crippen LogP contribution in [0.25, 0.3) is 0 Å². The standard InChI is InChI=1S/C9H15BN2/c1-6-7(2)12-9(5-10-4)8(3)11-6/h10H,5H2,1-4H3.